The van der Waals surface area contributed by atoms with Crippen molar-refractivity contribution in [1.29, 1.82) is 0 Å². The molecule has 2 heterocycles. The van der Waals surface area contributed by atoms with Gasteiger partial charge in [0.25, 0.3) is 0 Å². The Balaban J connectivity index is 0.00000225. The van der Waals surface area contributed by atoms with Crippen LogP contribution in [0.4, 0.5) is 5.69 Å². The van der Waals surface area contributed by atoms with Gasteiger partial charge in [0.2, 0.25) is 11.7 Å². The van der Waals surface area contributed by atoms with Gasteiger partial charge in [0.1, 0.15) is 0 Å². The molecule has 1 aliphatic rings. The van der Waals surface area contributed by atoms with Gasteiger partial charge in [-0.15, -0.1) is 22.6 Å². The number of carbonyl (C=O) groups excluding carboxylic acids is 1. The van der Waals surface area contributed by atoms with Crippen molar-refractivity contribution in [2.24, 2.45) is 0 Å². The van der Waals surface area contributed by atoms with Gasteiger partial charge in [-0.05, 0) is 48.7 Å². The van der Waals surface area contributed by atoms with Crippen LogP contribution in [0.2, 0.25) is 0 Å². The molecule has 146 valence electrons. The molecule has 0 radical (unpaired) electrons. The van der Waals surface area contributed by atoms with Crippen LogP contribution in [0.5, 0.6) is 0 Å². The zero-order valence-corrected chi connectivity index (χ0v) is 16.2. The Morgan fingerprint density at radius 2 is 1.93 bits per heavy atom. The smallest absolute Gasteiger partial charge is 0.241 e. The van der Waals surface area contributed by atoms with E-state index < -0.39 is 0 Å². The summed E-state index contributed by atoms with van der Waals surface area (Å²) in [4.78, 5) is 13.7. The Morgan fingerprint density at radius 3 is 2.64 bits per heavy atom. The molecule has 1 fully saturated rings. The predicted octanol–water partition coefficient (Wildman–Crippen LogP) is 2.70. The summed E-state index contributed by atoms with van der Waals surface area (Å²) in [7, 11) is 0. The van der Waals surface area contributed by atoms with E-state index in [4.69, 9.17) is 0 Å². The maximum absolute atomic E-state index is 12.1. The lowest BCUT2D eigenvalue weighted by molar-refractivity contribution is -0.117. The normalized spacial score (nSPS) is 15.8. The largest absolute Gasteiger partial charge is 0.325 e. The van der Waals surface area contributed by atoms with E-state index >= 15 is 0 Å². The van der Waals surface area contributed by atoms with E-state index in [2.05, 4.69) is 26.0 Å². The Morgan fingerprint density at radius 1 is 1.14 bits per heavy atom. The van der Waals surface area contributed by atoms with E-state index in [1.165, 1.54) is 0 Å². The van der Waals surface area contributed by atoms with Crippen LogP contribution in [-0.2, 0) is 17.8 Å². The molecule has 1 amide bonds. The molecule has 1 atom stereocenters. The van der Waals surface area contributed by atoms with Crippen molar-refractivity contribution in [3.63, 3.8) is 0 Å². The van der Waals surface area contributed by atoms with E-state index in [1.807, 2.05) is 54.6 Å². The minimum Gasteiger partial charge on any atom is -0.325 e. The van der Waals surface area contributed by atoms with Crippen molar-refractivity contribution < 1.29 is 4.79 Å². The SMILES string of the molecule is Cl.O=C(Nc1ccc(CCn2nnc(-c3ccccc3)n2)cc1)C1CCCN1. The Labute approximate surface area is 169 Å². The number of carbonyl (C=O) groups is 1. The summed E-state index contributed by atoms with van der Waals surface area (Å²) >= 11 is 0. The van der Waals surface area contributed by atoms with Crippen molar-refractivity contribution >= 4 is 24.0 Å². The second kappa shape index (κ2) is 9.43. The molecule has 2 N–H and O–H groups in total. The highest BCUT2D eigenvalue weighted by Crippen LogP contribution is 2.14. The van der Waals surface area contributed by atoms with Crippen LogP contribution < -0.4 is 10.6 Å². The topological polar surface area (TPSA) is 84.7 Å². The molecule has 28 heavy (non-hydrogen) atoms. The highest BCUT2D eigenvalue weighted by molar-refractivity contribution is 5.95. The Hall–Kier alpha value is -2.77. The molecule has 1 unspecified atom stereocenters. The van der Waals surface area contributed by atoms with Gasteiger partial charge in [-0.1, -0.05) is 42.5 Å². The van der Waals surface area contributed by atoms with Gasteiger partial charge in [-0.25, -0.2) is 0 Å². The Kier molecular flexibility index (Phi) is 6.73. The first-order valence-corrected chi connectivity index (χ1v) is 9.24. The van der Waals surface area contributed by atoms with Crippen molar-refractivity contribution in [3.8, 4) is 11.4 Å². The van der Waals surface area contributed by atoms with E-state index in [9.17, 15) is 4.79 Å². The molecule has 1 aliphatic heterocycles. The van der Waals surface area contributed by atoms with Crippen molar-refractivity contribution in [2.45, 2.75) is 31.8 Å². The number of hydrogen-bond donors (Lipinski definition) is 2. The van der Waals surface area contributed by atoms with Crippen LogP contribution in [0, 0.1) is 0 Å². The third-order valence-corrected chi connectivity index (χ3v) is 4.68. The highest BCUT2D eigenvalue weighted by Gasteiger charge is 2.21. The van der Waals surface area contributed by atoms with Gasteiger partial charge in [-0.3, -0.25) is 4.79 Å². The van der Waals surface area contributed by atoms with Crippen LogP contribution in [-0.4, -0.2) is 38.7 Å². The fourth-order valence-corrected chi connectivity index (χ4v) is 3.16. The zero-order chi connectivity index (χ0) is 18.5. The number of halogens is 1. The van der Waals surface area contributed by atoms with Gasteiger partial charge in [-0.2, -0.15) is 4.80 Å². The number of aromatic nitrogens is 4. The van der Waals surface area contributed by atoms with Crippen molar-refractivity contribution in [1.82, 2.24) is 25.5 Å². The van der Waals surface area contributed by atoms with Gasteiger partial charge in [0.05, 0.1) is 12.6 Å². The number of nitrogens with one attached hydrogen (secondary N) is 2. The van der Waals surface area contributed by atoms with Gasteiger partial charge in [0, 0.05) is 11.3 Å². The number of anilines is 1. The molecule has 0 saturated carbocycles. The van der Waals surface area contributed by atoms with E-state index in [1.54, 1.807) is 4.80 Å². The fraction of sp³-hybridized carbons (Fsp3) is 0.300. The summed E-state index contributed by atoms with van der Waals surface area (Å²) in [5.41, 5.74) is 2.94. The summed E-state index contributed by atoms with van der Waals surface area (Å²) in [5, 5.41) is 18.8. The standard InChI is InChI=1S/C20H22N6O.ClH/c27-20(18-7-4-13-21-18)22-17-10-8-15(9-11-17)12-14-26-24-19(23-25-26)16-5-2-1-3-6-16;/h1-3,5-6,8-11,18,21H,4,7,12-14H2,(H,22,27);1H. The number of hydrogen-bond acceptors (Lipinski definition) is 5. The molecule has 1 aromatic heterocycles. The summed E-state index contributed by atoms with van der Waals surface area (Å²) < 4.78 is 0. The quantitative estimate of drug-likeness (QED) is 0.666. The van der Waals surface area contributed by atoms with Crippen molar-refractivity contribution in [2.75, 3.05) is 11.9 Å². The first kappa shape index (κ1) is 20.0. The maximum Gasteiger partial charge on any atom is 0.241 e. The lowest BCUT2D eigenvalue weighted by atomic mass is 10.1. The number of rotatable bonds is 6. The molecule has 3 aromatic rings. The van der Waals surface area contributed by atoms with Crippen LogP contribution in [0.25, 0.3) is 11.4 Å². The first-order valence-electron chi connectivity index (χ1n) is 9.24. The molecule has 0 aliphatic carbocycles. The number of aryl methyl sites for hydroxylation is 2. The van der Waals surface area contributed by atoms with Crippen LogP contribution >= 0.6 is 12.4 Å². The zero-order valence-electron chi connectivity index (χ0n) is 15.4. The second-order valence-electron chi connectivity index (χ2n) is 6.66. The number of benzene rings is 2. The molecule has 4 rings (SSSR count). The average molecular weight is 399 g/mol. The second-order valence-corrected chi connectivity index (χ2v) is 6.66. The maximum atomic E-state index is 12.1. The Bertz CT molecular complexity index is 891. The third-order valence-electron chi connectivity index (χ3n) is 4.68. The molecular weight excluding hydrogens is 376 g/mol. The highest BCUT2D eigenvalue weighted by atomic mass is 35.5. The van der Waals surface area contributed by atoms with Crippen LogP contribution in [0.1, 0.15) is 18.4 Å². The van der Waals surface area contributed by atoms with E-state index in [-0.39, 0.29) is 24.4 Å². The number of nitrogens with zero attached hydrogens (tertiary/aromatic N) is 4. The molecular formula is C20H23ClN6O. The summed E-state index contributed by atoms with van der Waals surface area (Å²) in [6.45, 7) is 1.57. The summed E-state index contributed by atoms with van der Waals surface area (Å²) in [6, 6.07) is 17.7. The van der Waals surface area contributed by atoms with Gasteiger partial charge < -0.3 is 10.6 Å². The molecule has 2 aromatic carbocycles. The number of tetrazole rings is 1. The predicted molar refractivity (Wildman–Crippen MR) is 110 cm³/mol. The van der Waals surface area contributed by atoms with E-state index in [0.29, 0.717) is 12.4 Å². The van der Waals surface area contributed by atoms with Crippen LogP contribution in [0.3, 0.4) is 0 Å². The van der Waals surface area contributed by atoms with Crippen LogP contribution in [0.15, 0.2) is 54.6 Å². The third kappa shape index (κ3) is 4.94. The van der Waals surface area contributed by atoms with E-state index in [0.717, 1.165) is 42.6 Å². The van der Waals surface area contributed by atoms with Gasteiger partial charge >= 0.3 is 0 Å². The van der Waals surface area contributed by atoms with Gasteiger partial charge in [0.15, 0.2) is 0 Å². The minimum atomic E-state index is -0.0677. The molecule has 0 spiro atoms. The summed E-state index contributed by atoms with van der Waals surface area (Å²) in [5.74, 6) is 0.676. The summed E-state index contributed by atoms with van der Waals surface area (Å²) in [6.07, 6.45) is 2.75. The first-order chi connectivity index (χ1) is 13.3. The monoisotopic (exact) mass is 398 g/mol. The molecule has 7 nitrogen and oxygen atoms in total. The van der Waals surface area contributed by atoms with Crippen molar-refractivity contribution in [3.05, 3.63) is 60.2 Å². The lowest BCUT2D eigenvalue weighted by Crippen LogP contribution is -2.35. The number of amides is 1. The lowest BCUT2D eigenvalue weighted by Gasteiger charge is -2.11. The molecule has 1 saturated heterocycles. The molecule has 8 heteroatoms. The molecule has 0 bridgehead atoms. The minimum absolute atomic E-state index is 0. The average Bonchev–Trinajstić information content (AvgIpc) is 3.40. The fourth-order valence-electron chi connectivity index (χ4n) is 3.16.